The van der Waals surface area contributed by atoms with Gasteiger partial charge in [0.05, 0.1) is 12.7 Å². The van der Waals surface area contributed by atoms with Crippen molar-refractivity contribution in [3.05, 3.63) is 0 Å². The molecule has 0 saturated carbocycles. The van der Waals surface area contributed by atoms with E-state index in [9.17, 15) is 14.4 Å². The molecule has 0 saturated heterocycles. The Balaban J connectivity index is 4.42. The number of carbonyl (C=O) groups is 3. The molecule has 260 valence electrons. The summed E-state index contributed by atoms with van der Waals surface area (Å²) < 4.78 is 17.0. The van der Waals surface area contributed by atoms with Gasteiger partial charge < -0.3 is 14.2 Å². The molecule has 6 heteroatoms. The molecule has 0 aliphatic heterocycles. The third kappa shape index (κ3) is 30.4. The van der Waals surface area contributed by atoms with E-state index in [4.69, 9.17) is 14.2 Å². The lowest BCUT2D eigenvalue weighted by molar-refractivity contribution is -0.153. The molecule has 0 bridgehead atoms. The molecule has 0 amide bonds. The molecule has 0 rings (SSSR count). The van der Waals surface area contributed by atoms with E-state index in [0.717, 1.165) is 38.5 Å². The zero-order chi connectivity index (χ0) is 32.5. The second-order valence-corrected chi connectivity index (χ2v) is 13.0. The lowest BCUT2D eigenvalue weighted by atomic mass is 10.1. The van der Waals surface area contributed by atoms with Gasteiger partial charge in [-0.1, -0.05) is 136 Å². The summed E-state index contributed by atoms with van der Waals surface area (Å²) in [5, 5.41) is 0. The predicted molar refractivity (Wildman–Crippen MR) is 183 cm³/mol. The average Bonchev–Trinajstić information content (AvgIpc) is 3.00. The lowest BCUT2D eigenvalue weighted by Gasteiger charge is -2.20. The second-order valence-electron chi connectivity index (χ2n) is 13.0. The van der Waals surface area contributed by atoms with Crippen LogP contribution >= 0.6 is 0 Å². The molecule has 44 heavy (non-hydrogen) atoms. The molecule has 0 aliphatic rings. The van der Waals surface area contributed by atoms with Gasteiger partial charge >= 0.3 is 17.9 Å². The van der Waals surface area contributed by atoms with E-state index in [1.807, 2.05) is 6.92 Å². The highest BCUT2D eigenvalue weighted by molar-refractivity contribution is 5.70. The van der Waals surface area contributed by atoms with Crippen molar-refractivity contribution in [2.24, 2.45) is 0 Å². The van der Waals surface area contributed by atoms with Crippen molar-refractivity contribution in [1.82, 2.24) is 0 Å². The zero-order valence-electron chi connectivity index (χ0n) is 29.6. The normalized spacial score (nSPS) is 12.5. The average molecular weight is 625 g/mol. The molecule has 0 fully saturated rings. The SMILES string of the molecule is CCCCCCCCCC(=O)OCCC[C@H](CC[C@H](C)OC(=O)CCCCCCCCC)OC(=O)CCCCCCCCC. The largest absolute Gasteiger partial charge is 0.466 e. The van der Waals surface area contributed by atoms with Crippen LogP contribution in [0, 0.1) is 0 Å². The molecule has 0 heterocycles. The van der Waals surface area contributed by atoms with Crippen LogP contribution in [0.15, 0.2) is 0 Å². The van der Waals surface area contributed by atoms with Crippen LogP contribution in [0.25, 0.3) is 0 Å². The number of ether oxygens (including phenoxy) is 3. The molecular weight excluding hydrogens is 552 g/mol. The molecule has 6 nitrogen and oxygen atoms in total. The lowest BCUT2D eigenvalue weighted by Crippen LogP contribution is -2.22. The van der Waals surface area contributed by atoms with Crippen molar-refractivity contribution in [1.29, 1.82) is 0 Å². The molecule has 2 atom stereocenters. The minimum absolute atomic E-state index is 0.132. The van der Waals surface area contributed by atoms with Gasteiger partial charge in [-0.15, -0.1) is 0 Å². The van der Waals surface area contributed by atoms with Gasteiger partial charge in [-0.05, 0) is 51.9 Å². The molecule has 0 radical (unpaired) electrons. The fourth-order valence-electron chi connectivity index (χ4n) is 5.52. The number of unbranched alkanes of at least 4 members (excludes halogenated alkanes) is 18. The number of esters is 3. The van der Waals surface area contributed by atoms with Gasteiger partial charge in [-0.25, -0.2) is 0 Å². The van der Waals surface area contributed by atoms with Gasteiger partial charge in [0.2, 0.25) is 0 Å². The highest BCUT2D eigenvalue weighted by atomic mass is 16.6. The fraction of sp³-hybridized carbons (Fsp3) is 0.921. The summed E-state index contributed by atoms with van der Waals surface area (Å²) in [4.78, 5) is 37.1. The Morgan fingerprint density at radius 2 is 0.818 bits per heavy atom. The quantitative estimate of drug-likeness (QED) is 0.0410. The van der Waals surface area contributed by atoms with E-state index >= 15 is 0 Å². The van der Waals surface area contributed by atoms with Gasteiger partial charge in [0, 0.05) is 19.3 Å². The maximum atomic E-state index is 12.6. The van der Waals surface area contributed by atoms with Crippen molar-refractivity contribution in [2.45, 2.75) is 220 Å². The number of carbonyl (C=O) groups excluding carboxylic acids is 3. The summed E-state index contributed by atoms with van der Waals surface area (Å²) in [6, 6.07) is 0. The Hall–Kier alpha value is -1.59. The highest BCUT2D eigenvalue weighted by Gasteiger charge is 2.18. The Kier molecular flexibility index (Phi) is 31.6. The van der Waals surface area contributed by atoms with E-state index < -0.39 is 0 Å². The third-order valence-corrected chi connectivity index (χ3v) is 8.41. The monoisotopic (exact) mass is 625 g/mol. The zero-order valence-corrected chi connectivity index (χ0v) is 29.6. The van der Waals surface area contributed by atoms with Crippen molar-refractivity contribution >= 4 is 17.9 Å². The van der Waals surface area contributed by atoms with E-state index in [0.29, 0.717) is 51.6 Å². The third-order valence-electron chi connectivity index (χ3n) is 8.41. The van der Waals surface area contributed by atoms with Gasteiger partial charge in [-0.2, -0.15) is 0 Å². The summed E-state index contributed by atoms with van der Waals surface area (Å²) in [5.74, 6) is -0.415. The molecule has 0 aromatic carbocycles. The topological polar surface area (TPSA) is 78.9 Å². The molecule has 0 unspecified atom stereocenters. The molecule has 0 aromatic heterocycles. The van der Waals surface area contributed by atoms with Crippen LogP contribution in [-0.2, 0) is 28.6 Å². The van der Waals surface area contributed by atoms with Crippen LogP contribution in [0.5, 0.6) is 0 Å². The summed E-state index contributed by atoms with van der Waals surface area (Å²) in [5.41, 5.74) is 0. The molecular formula is C38H72O6. The summed E-state index contributed by atoms with van der Waals surface area (Å²) in [6.45, 7) is 8.93. The first-order chi connectivity index (χ1) is 21.4. The van der Waals surface area contributed by atoms with Crippen LogP contribution < -0.4 is 0 Å². The molecule has 0 spiro atoms. The van der Waals surface area contributed by atoms with E-state index in [1.54, 1.807) is 0 Å². The molecule has 0 aromatic rings. The second kappa shape index (κ2) is 32.8. The maximum Gasteiger partial charge on any atom is 0.306 e. The first kappa shape index (κ1) is 42.4. The van der Waals surface area contributed by atoms with Crippen molar-refractivity contribution < 1.29 is 28.6 Å². The Labute approximate surface area is 272 Å². The number of rotatable bonds is 33. The van der Waals surface area contributed by atoms with Crippen LogP contribution in [0.4, 0.5) is 0 Å². The number of hydrogen-bond acceptors (Lipinski definition) is 6. The standard InChI is InChI=1S/C38H72O6/c1-5-8-11-14-17-20-23-28-36(39)42-33-26-27-35(44-38(41)30-25-22-19-16-13-10-7-3)32-31-34(4)43-37(40)29-24-21-18-15-12-9-6-2/h34-35H,5-33H2,1-4H3/t34-,35+/m0/s1. The summed E-state index contributed by atoms with van der Waals surface area (Å²) in [7, 11) is 0. The van der Waals surface area contributed by atoms with Crippen LogP contribution in [-0.4, -0.2) is 36.7 Å². The summed E-state index contributed by atoms with van der Waals surface area (Å²) >= 11 is 0. The predicted octanol–water partition coefficient (Wildman–Crippen LogP) is 11.4. The van der Waals surface area contributed by atoms with Gasteiger partial charge in [0.15, 0.2) is 0 Å². The number of hydrogen-bond donors (Lipinski definition) is 0. The Bertz CT molecular complexity index is 664. The Morgan fingerprint density at radius 1 is 0.432 bits per heavy atom. The van der Waals surface area contributed by atoms with Crippen LogP contribution in [0.2, 0.25) is 0 Å². The van der Waals surface area contributed by atoms with Crippen molar-refractivity contribution in [3.63, 3.8) is 0 Å². The first-order valence-electron chi connectivity index (χ1n) is 19.0. The van der Waals surface area contributed by atoms with Crippen LogP contribution in [0.3, 0.4) is 0 Å². The summed E-state index contributed by atoms with van der Waals surface area (Å²) in [6.07, 6.45) is 28.1. The molecule has 0 N–H and O–H groups in total. The van der Waals surface area contributed by atoms with Crippen LogP contribution in [0.1, 0.15) is 207 Å². The van der Waals surface area contributed by atoms with E-state index in [-0.39, 0.29) is 30.1 Å². The van der Waals surface area contributed by atoms with E-state index in [1.165, 1.54) is 96.3 Å². The van der Waals surface area contributed by atoms with E-state index in [2.05, 4.69) is 20.8 Å². The highest BCUT2D eigenvalue weighted by Crippen LogP contribution is 2.17. The fourth-order valence-corrected chi connectivity index (χ4v) is 5.52. The minimum atomic E-state index is -0.252. The molecule has 0 aliphatic carbocycles. The van der Waals surface area contributed by atoms with Gasteiger partial charge in [0.1, 0.15) is 6.10 Å². The first-order valence-corrected chi connectivity index (χ1v) is 19.0. The minimum Gasteiger partial charge on any atom is -0.466 e. The van der Waals surface area contributed by atoms with Crippen molar-refractivity contribution in [3.8, 4) is 0 Å². The Morgan fingerprint density at radius 3 is 1.27 bits per heavy atom. The van der Waals surface area contributed by atoms with Crippen molar-refractivity contribution in [2.75, 3.05) is 6.61 Å². The van der Waals surface area contributed by atoms with Gasteiger partial charge in [-0.3, -0.25) is 14.4 Å². The maximum absolute atomic E-state index is 12.6. The smallest absolute Gasteiger partial charge is 0.306 e. The van der Waals surface area contributed by atoms with Gasteiger partial charge in [0.25, 0.3) is 0 Å².